The number of carbonyl (C=O) groups excluding carboxylic acids is 1. The SMILES string of the molecule is NC(=O)N(c1cccnn1)N1CCNCC1. The fourth-order valence-electron chi connectivity index (χ4n) is 1.66. The van der Waals surface area contributed by atoms with Gasteiger partial charge in [-0.25, -0.2) is 14.8 Å². The minimum atomic E-state index is -0.539. The van der Waals surface area contributed by atoms with Crippen molar-refractivity contribution in [3.05, 3.63) is 18.3 Å². The number of rotatable bonds is 2. The Kier molecular flexibility index (Phi) is 3.28. The highest BCUT2D eigenvalue weighted by atomic mass is 16.2. The third kappa shape index (κ3) is 2.26. The molecule has 0 spiro atoms. The monoisotopic (exact) mass is 222 g/mol. The molecule has 16 heavy (non-hydrogen) atoms. The topological polar surface area (TPSA) is 87.4 Å². The maximum atomic E-state index is 11.4. The molecule has 1 aromatic rings. The van der Waals surface area contributed by atoms with Crippen molar-refractivity contribution in [2.24, 2.45) is 5.73 Å². The van der Waals surface area contributed by atoms with Gasteiger partial charge in [-0.2, -0.15) is 5.10 Å². The highest BCUT2D eigenvalue weighted by Crippen LogP contribution is 2.11. The lowest BCUT2D eigenvalue weighted by Gasteiger charge is -2.35. The van der Waals surface area contributed by atoms with Gasteiger partial charge in [-0.15, -0.1) is 5.10 Å². The lowest BCUT2D eigenvalue weighted by Crippen LogP contribution is -2.56. The van der Waals surface area contributed by atoms with Gasteiger partial charge >= 0.3 is 6.03 Å². The maximum Gasteiger partial charge on any atom is 0.335 e. The summed E-state index contributed by atoms with van der Waals surface area (Å²) in [4.78, 5) is 11.4. The van der Waals surface area contributed by atoms with E-state index in [0.29, 0.717) is 5.82 Å². The zero-order valence-corrected chi connectivity index (χ0v) is 8.83. The van der Waals surface area contributed by atoms with E-state index in [9.17, 15) is 4.79 Å². The standard InChI is InChI=1S/C9H14N6O/c10-9(16)15(8-2-1-3-12-13-8)14-6-4-11-5-7-14/h1-3,11H,4-7H2,(H2,10,16). The second-order valence-corrected chi connectivity index (χ2v) is 3.44. The summed E-state index contributed by atoms with van der Waals surface area (Å²) >= 11 is 0. The molecule has 0 aromatic carbocycles. The lowest BCUT2D eigenvalue weighted by atomic mass is 10.4. The van der Waals surface area contributed by atoms with Gasteiger partial charge in [-0.05, 0) is 12.1 Å². The highest BCUT2D eigenvalue weighted by molar-refractivity contribution is 5.88. The van der Waals surface area contributed by atoms with Gasteiger partial charge in [-0.3, -0.25) is 0 Å². The quantitative estimate of drug-likeness (QED) is 0.682. The maximum absolute atomic E-state index is 11.4. The molecule has 2 amide bonds. The molecule has 1 aliphatic rings. The molecule has 0 saturated carbocycles. The molecule has 3 N–H and O–H groups in total. The number of primary amides is 1. The molecule has 7 nitrogen and oxygen atoms in total. The van der Waals surface area contributed by atoms with Gasteiger partial charge in [-0.1, -0.05) is 0 Å². The zero-order chi connectivity index (χ0) is 11.4. The summed E-state index contributed by atoms with van der Waals surface area (Å²) in [5.41, 5.74) is 5.36. The van der Waals surface area contributed by atoms with Crippen LogP contribution in [0.3, 0.4) is 0 Å². The van der Waals surface area contributed by atoms with E-state index in [1.54, 1.807) is 18.3 Å². The van der Waals surface area contributed by atoms with Gasteiger partial charge in [0.15, 0.2) is 5.82 Å². The molecule has 2 rings (SSSR count). The Morgan fingerprint density at radius 1 is 1.50 bits per heavy atom. The van der Waals surface area contributed by atoms with Gasteiger partial charge in [0.25, 0.3) is 0 Å². The second kappa shape index (κ2) is 4.86. The Morgan fingerprint density at radius 3 is 2.81 bits per heavy atom. The summed E-state index contributed by atoms with van der Waals surface area (Å²) in [6.07, 6.45) is 1.56. The van der Waals surface area contributed by atoms with Crippen molar-refractivity contribution in [1.82, 2.24) is 20.5 Å². The number of nitrogens with two attached hydrogens (primary N) is 1. The normalized spacial score (nSPS) is 17.0. The van der Waals surface area contributed by atoms with Crippen LogP contribution in [0, 0.1) is 0 Å². The lowest BCUT2D eigenvalue weighted by molar-refractivity contribution is 0.202. The average molecular weight is 222 g/mol. The minimum absolute atomic E-state index is 0.455. The number of hydrazine groups is 1. The van der Waals surface area contributed by atoms with Crippen LogP contribution in [0.4, 0.5) is 10.6 Å². The molecular formula is C9H14N6O. The first-order chi connectivity index (χ1) is 7.79. The summed E-state index contributed by atoms with van der Waals surface area (Å²) in [7, 11) is 0. The van der Waals surface area contributed by atoms with E-state index < -0.39 is 6.03 Å². The van der Waals surface area contributed by atoms with Crippen LogP contribution in [-0.2, 0) is 0 Å². The smallest absolute Gasteiger partial charge is 0.335 e. The Bertz CT molecular complexity index is 350. The van der Waals surface area contributed by atoms with Crippen LogP contribution in [0.15, 0.2) is 18.3 Å². The first kappa shape index (κ1) is 10.8. The van der Waals surface area contributed by atoms with Gasteiger partial charge in [0.1, 0.15) is 0 Å². The molecule has 2 heterocycles. The highest BCUT2D eigenvalue weighted by Gasteiger charge is 2.23. The fraction of sp³-hybridized carbons (Fsp3) is 0.444. The molecule has 1 aromatic heterocycles. The third-order valence-electron chi connectivity index (χ3n) is 2.36. The van der Waals surface area contributed by atoms with Crippen molar-refractivity contribution in [3.8, 4) is 0 Å². The van der Waals surface area contributed by atoms with E-state index in [-0.39, 0.29) is 0 Å². The number of hydrogen-bond acceptors (Lipinski definition) is 5. The fourth-order valence-corrected chi connectivity index (χ4v) is 1.66. The molecule has 1 aliphatic heterocycles. The summed E-state index contributed by atoms with van der Waals surface area (Å²) < 4.78 is 0. The molecular weight excluding hydrogens is 208 g/mol. The van der Waals surface area contributed by atoms with Crippen molar-refractivity contribution >= 4 is 11.8 Å². The number of carbonyl (C=O) groups is 1. The van der Waals surface area contributed by atoms with E-state index in [2.05, 4.69) is 15.5 Å². The third-order valence-corrected chi connectivity index (χ3v) is 2.36. The zero-order valence-electron chi connectivity index (χ0n) is 8.83. The van der Waals surface area contributed by atoms with Crippen molar-refractivity contribution in [2.45, 2.75) is 0 Å². The number of anilines is 1. The van der Waals surface area contributed by atoms with Crippen LogP contribution in [0.5, 0.6) is 0 Å². The number of nitrogens with one attached hydrogen (secondary N) is 1. The Balaban J connectivity index is 2.20. The molecule has 0 radical (unpaired) electrons. The number of aromatic nitrogens is 2. The molecule has 86 valence electrons. The molecule has 0 atom stereocenters. The molecule has 1 fully saturated rings. The summed E-state index contributed by atoms with van der Waals surface area (Å²) in [6, 6.07) is 2.89. The number of nitrogens with zero attached hydrogens (tertiary/aromatic N) is 4. The summed E-state index contributed by atoms with van der Waals surface area (Å²) in [5.74, 6) is 0.455. The van der Waals surface area contributed by atoms with Crippen LogP contribution in [0.25, 0.3) is 0 Å². The average Bonchev–Trinajstić information content (AvgIpc) is 2.31. The van der Waals surface area contributed by atoms with Crippen molar-refractivity contribution in [3.63, 3.8) is 0 Å². The van der Waals surface area contributed by atoms with Gasteiger partial charge in [0.2, 0.25) is 0 Å². The largest absolute Gasteiger partial charge is 0.350 e. The predicted molar refractivity (Wildman–Crippen MR) is 58.5 cm³/mol. The van der Waals surface area contributed by atoms with Gasteiger partial charge in [0.05, 0.1) is 0 Å². The first-order valence-electron chi connectivity index (χ1n) is 5.12. The van der Waals surface area contributed by atoms with Crippen LogP contribution in [0.1, 0.15) is 0 Å². The van der Waals surface area contributed by atoms with E-state index in [0.717, 1.165) is 26.2 Å². The first-order valence-corrected chi connectivity index (χ1v) is 5.12. The molecule has 0 unspecified atom stereocenters. The van der Waals surface area contributed by atoms with Crippen molar-refractivity contribution in [2.75, 3.05) is 31.2 Å². The number of piperazine rings is 1. The molecule has 7 heteroatoms. The van der Waals surface area contributed by atoms with Gasteiger partial charge < -0.3 is 11.1 Å². The summed E-state index contributed by atoms with van der Waals surface area (Å²) in [5, 5.41) is 14.1. The number of hydrogen-bond donors (Lipinski definition) is 2. The van der Waals surface area contributed by atoms with Crippen molar-refractivity contribution in [1.29, 1.82) is 0 Å². The molecule has 0 bridgehead atoms. The Hall–Kier alpha value is -1.73. The minimum Gasteiger partial charge on any atom is -0.350 e. The van der Waals surface area contributed by atoms with Crippen molar-refractivity contribution < 1.29 is 4.79 Å². The Morgan fingerprint density at radius 2 is 2.25 bits per heavy atom. The van der Waals surface area contributed by atoms with Gasteiger partial charge in [0, 0.05) is 32.4 Å². The van der Waals surface area contributed by atoms with Crippen LogP contribution in [-0.4, -0.2) is 47.4 Å². The van der Waals surface area contributed by atoms with E-state index in [4.69, 9.17) is 5.73 Å². The van der Waals surface area contributed by atoms with Crippen LogP contribution >= 0.6 is 0 Å². The number of amides is 2. The van der Waals surface area contributed by atoms with E-state index >= 15 is 0 Å². The summed E-state index contributed by atoms with van der Waals surface area (Å²) in [6.45, 7) is 3.09. The van der Waals surface area contributed by atoms with Crippen LogP contribution in [0.2, 0.25) is 0 Å². The second-order valence-electron chi connectivity index (χ2n) is 3.44. The molecule has 1 saturated heterocycles. The predicted octanol–water partition coefficient (Wildman–Crippen LogP) is -0.818. The Labute approximate surface area is 93.2 Å². The van der Waals surface area contributed by atoms with Crippen LogP contribution < -0.4 is 16.1 Å². The van der Waals surface area contributed by atoms with E-state index in [1.807, 2.05) is 5.01 Å². The number of urea groups is 1. The molecule has 0 aliphatic carbocycles. The van der Waals surface area contributed by atoms with E-state index in [1.165, 1.54) is 5.01 Å².